The van der Waals surface area contributed by atoms with Crippen LogP contribution in [0.15, 0.2) is 54.6 Å². The lowest BCUT2D eigenvalue weighted by molar-refractivity contribution is 0.0555. The number of amides is 2. The predicted molar refractivity (Wildman–Crippen MR) is 167 cm³/mol. The molecule has 3 aromatic carbocycles. The Hall–Kier alpha value is -4.02. The van der Waals surface area contributed by atoms with E-state index in [0.717, 1.165) is 34.6 Å². The zero-order chi connectivity index (χ0) is 31.7. The number of halogens is 3. The molecule has 1 N–H and O–H groups in total. The van der Waals surface area contributed by atoms with Crippen LogP contribution in [0.1, 0.15) is 58.2 Å². The van der Waals surface area contributed by atoms with Crippen LogP contribution >= 0.6 is 22.9 Å². The van der Waals surface area contributed by atoms with Gasteiger partial charge in [0.15, 0.2) is 5.78 Å². The number of carbonyl (C=O) groups excluding carboxylic acids is 2. The predicted octanol–water partition coefficient (Wildman–Crippen LogP) is 8.27. The van der Waals surface area contributed by atoms with Gasteiger partial charge in [-0.1, -0.05) is 41.9 Å². The minimum Gasteiger partial charge on any atom is -0.496 e. The van der Waals surface area contributed by atoms with Crippen LogP contribution in [0.5, 0.6) is 5.75 Å². The van der Waals surface area contributed by atoms with E-state index in [4.69, 9.17) is 16.3 Å². The van der Waals surface area contributed by atoms with Crippen molar-refractivity contribution in [2.75, 3.05) is 14.2 Å². The summed E-state index contributed by atoms with van der Waals surface area (Å²) < 4.78 is 35.0. The smallest absolute Gasteiger partial charge is 0.407 e. The lowest BCUT2D eigenvalue weighted by Gasteiger charge is -2.39. The minimum absolute atomic E-state index is 0.0290. The molecule has 0 bridgehead atoms. The molecule has 1 saturated carbocycles. The van der Waals surface area contributed by atoms with Crippen molar-refractivity contribution in [2.24, 2.45) is 0 Å². The number of nitrogens with zero attached hydrogens (tertiary/aromatic N) is 2. The average Bonchev–Trinajstić information content (AvgIpc) is 3.39. The van der Waals surface area contributed by atoms with Crippen molar-refractivity contribution >= 4 is 50.8 Å². The Kier molecular flexibility index (Phi) is 9.22. The Labute approximate surface area is 262 Å². The summed E-state index contributed by atoms with van der Waals surface area (Å²) in [7, 11) is 3.07. The number of ketones is 1. The first-order valence-electron chi connectivity index (χ1n) is 14.1. The zero-order valence-corrected chi connectivity index (χ0v) is 26.0. The summed E-state index contributed by atoms with van der Waals surface area (Å²) in [5, 5.41) is 9.20. The molecule has 11 heteroatoms. The van der Waals surface area contributed by atoms with Crippen LogP contribution in [0.4, 0.5) is 13.6 Å². The van der Waals surface area contributed by atoms with Gasteiger partial charge in [0.2, 0.25) is 0 Å². The van der Waals surface area contributed by atoms with Gasteiger partial charge < -0.3 is 19.6 Å². The zero-order valence-electron chi connectivity index (χ0n) is 24.4. The van der Waals surface area contributed by atoms with Gasteiger partial charge in [-0.05, 0) is 68.0 Å². The van der Waals surface area contributed by atoms with Gasteiger partial charge in [-0.15, -0.1) is 11.3 Å². The molecule has 230 valence electrons. The molecule has 1 fully saturated rings. The van der Waals surface area contributed by atoms with Crippen molar-refractivity contribution in [1.82, 2.24) is 9.80 Å². The lowest BCUT2D eigenvalue weighted by atomic mass is 9.89. The maximum Gasteiger partial charge on any atom is 0.407 e. The van der Waals surface area contributed by atoms with Gasteiger partial charge >= 0.3 is 6.09 Å². The molecule has 0 aliphatic heterocycles. The number of ether oxygens (including phenoxy) is 1. The van der Waals surface area contributed by atoms with E-state index in [1.165, 1.54) is 26.0 Å². The van der Waals surface area contributed by atoms with Gasteiger partial charge in [0.25, 0.3) is 5.91 Å². The monoisotopic (exact) mass is 640 g/mol. The highest BCUT2D eigenvalue weighted by Gasteiger charge is 2.35. The highest BCUT2D eigenvalue weighted by molar-refractivity contribution is 7.21. The average molecular weight is 641 g/mol. The van der Waals surface area contributed by atoms with Crippen LogP contribution in [0.3, 0.4) is 0 Å². The van der Waals surface area contributed by atoms with Crippen LogP contribution in [-0.2, 0) is 6.54 Å². The third-order valence-corrected chi connectivity index (χ3v) is 10.0. The first-order valence-corrected chi connectivity index (χ1v) is 15.3. The number of methoxy groups -OCH3 is 1. The summed E-state index contributed by atoms with van der Waals surface area (Å²) in [6.07, 6.45) is 1.11. The maximum absolute atomic E-state index is 14.7. The third kappa shape index (κ3) is 6.14. The second kappa shape index (κ2) is 12.9. The van der Waals surface area contributed by atoms with E-state index in [0.29, 0.717) is 42.6 Å². The Bertz CT molecular complexity index is 1730. The van der Waals surface area contributed by atoms with Gasteiger partial charge in [-0.2, -0.15) is 0 Å². The number of Topliss-reactive ketones (excluding diaryl/α,β-unsaturated/α-hetero) is 1. The van der Waals surface area contributed by atoms with E-state index >= 15 is 0 Å². The van der Waals surface area contributed by atoms with Gasteiger partial charge in [-0.3, -0.25) is 9.59 Å². The fourth-order valence-electron chi connectivity index (χ4n) is 5.81. The molecule has 0 saturated heterocycles. The normalized spacial score (nSPS) is 16.5. The van der Waals surface area contributed by atoms with E-state index in [1.54, 1.807) is 17.0 Å². The highest BCUT2D eigenvalue weighted by atomic mass is 35.5. The van der Waals surface area contributed by atoms with E-state index in [-0.39, 0.29) is 44.4 Å². The molecule has 44 heavy (non-hydrogen) atoms. The fraction of sp³-hybridized carbons (Fsp3) is 0.303. The van der Waals surface area contributed by atoms with E-state index < -0.39 is 23.6 Å². The number of benzene rings is 3. The van der Waals surface area contributed by atoms with Crippen LogP contribution in [-0.4, -0.2) is 58.9 Å². The summed E-state index contributed by atoms with van der Waals surface area (Å²) in [5.74, 6) is -1.34. The first kappa shape index (κ1) is 31.4. The highest BCUT2D eigenvalue weighted by Crippen LogP contribution is 2.41. The second-order valence-corrected chi connectivity index (χ2v) is 12.3. The second-order valence-electron chi connectivity index (χ2n) is 10.9. The van der Waals surface area contributed by atoms with E-state index in [2.05, 4.69) is 0 Å². The Morgan fingerprint density at radius 1 is 0.955 bits per heavy atom. The molecule has 1 aliphatic rings. The molecular weight excluding hydrogens is 610 g/mol. The number of carbonyl (C=O) groups is 3. The Morgan fingerprint density at radius 3 is 2.16 bits per heavy atom. The van der Waals surface area contributed by atoms with Crippen LogP contribution < -0.4 is 4.74 Å². The summed E-state index contributed by atoms with van der Waals surface area (Å²) in [6, 6.07) is 14.3. The summed E-state index contributed by atoms with van der Waals surface area (Å²) in [6.45, 7) is 1.62. The third-order valence-electron chi connectivity index (χ3n) is 8.34. The number of fused-ring (bicyclic) bond motifs is 1. The number of hydrogen-bond donors (Lipinski definition) is 1. The van der Waals surface area contributed by atoms with Crippen LogP contribution in [0.2, 0.25) is 5.02 Å². The van der Waals surface area contributed by atoms with Crippen molar-refractivity contribution < 1.29 is 33.0 Å². The molecule has 1 heterocycles. The minimum atomic E-state index is -1.01. The molecule has 4 aromatic rings. The Balaban J connectivity index is 1.53. The SMILES string of the molecule is COc1ccc(-c2ccc(C(C)=O)cc2)cc1CN(C(=O)c1sc2c(F)ccc(F)c2c1Cl)C1CCC(N(C)C(=O)O)CC1. The van der Waals surface area contributed by atoms with Gasteiger partial charge in [0.05, 0.1) is 22.2 Å². The lowest BCUT2D eigenvalue weighted by Crippen LogP contribution is -2.46. The molecule has 0 spiro atoms. The van der Waals surface area contributed by atoms with Crippen LogP contribution in [0, 0.1) is 11.6 Å². The maximum atomic E-state index is 14.7. The quantitative estimate of drug-likeness (QED) is 0.196. The van der Waals surface area contributed by atoms with E-state index in [9.17, 15) is 28.3 Å². The van der Waals surface area contributed by atoms with Crippen molar-refractivity contribution in [3.05, 3.63) is 87.3 Å². The van der Waals surface area contributed by atoms with Crippen molar-refractivity contribution in [1.29, 1.82) is 0 Å². The number of hydrogen-bond acceptors (Lipinski definition) is 5. The molecule has 1 aliphatic carbocycles. The number of rotatable bonds is 8. The number of thiophene rings is 1. The standard InChI is InChI=1S/C33H31ClF2N2O5S/c1-18(39)19-4-6-20(7-5-19)21-8-15-27(43-3)22(16-21)17-38(24-11-9-23(10-12-24)37(2)33(41)42)32(40)31-29(34)28-25(35)13-14-26(36)30(28)44-31/h4-8,13-16,23-24H,9-12,17H2,1-3H3,(H,41,42). The summed E-state index contributed by atoms with van der Waals surface area (Å²) in [4.78, 5) is 40.6. The molecule has 2 amide bonds. The topological polar surface area (TPSA) is 87.2 Å². The van der Waals surface area contributed by atoms with E-state index in [1.807, 2.05) is 30.3 Å². The number of carboxylic acid groups (broad SMARTS) is 1. The fourth-order valence-corrected chi connectivity index (χ4v) is 7.31. The van der Waals surface area contributed by atoms with Crippen molar-refractivity contribution in [2.45, 2.75) is 51.2 Å². The molecule has 0 unspecified atom stereocenters. The Morgan fingerprint density at radius 2 is 1.57 bits per heavy atom. The summed E-state index contributed by atoms with van der Waals surface area (Å²) in [5.41, 5.74) is 3.01. The van der Waals surface area contributed by atoms with Gasteiger partial charge in [0.1, 0.15) is 22.3 Å². The molecule has 5 rings (SSSR count). The first-order chi connectivity index (χ1) is 21.0. The molecule has 1 aromatic heterocycles. The summed E-state index contributed by atoms with van der Waals surface area (Å²) >= 11 is 7.37. The van der Waals surface area contributed by atoms with Gasteiger partial charge in [0, 0.05) is 36.8 Å². The molecule has 0 radical (unpaired) electrons. The van der Waals surface area contributed by atoms with Crippen molar-refractivity contribution in [3.8, 4) is 16.9 Å². The van der Waals surface area contributed by atoms with Crippen molar-refractivity contribution in [3.63, 3.8) is 0 Å². The largest absolute Gasteiger partial charge is 0.496 e. The molecular formula is C33H31ClF2N2O5S. The van der Waals surface area contributed by atoms with Crippen LogP contribution in [0.25, 0.3) is 21.2 Å². The van der Waals surface area contributed by atoms with Gasteiger partial charge in [-0.25, -0.2) is 13.6 Å². The molecule has 7 nitrogen and oxygen atoms in total. The molecule has 0 atom stereocenters.